The fourth-order valence-electron chi connectivity index (χ4n) is 1.13. The van der Waals surface area contributed by atoms with E-state index in [0.717, 1.165) is 0 Å². The van der Waals surface area contributed by atoms with Crippen molar-refractivity contribution in [3.63, 3.8) is 0 Å². The lowest BCUT2D eigenvalue weighted by molar-refractivity contribution is -0.121. The second-order valence-electron chi connectivity index (χ2n) is 3.19. The Morgan fingerprint density at radius 2 is 2.19 bits per heavy atom. The van der Waals surface area contributed by atoms with Crippen LogP contribution in [0.4, 0.5) is 11.6 Å². The zero-order chi connectivity index (χ0) is 12.0. The first-order valence-corrected chi connectivity index (χ1v) is 5.00. The Morgan fingerprint density at radius 3 is 2.81 bits per heavy atom. The maximum Gasteiger partial charge on any atom is 0.242 e. The van der Waals surface area contributed by atoms with Gasteiger partial charge in [-0.05, 0) is 13.8 Å². The number of aromatic nitrogens is 2. The summed E-state index contributed by atoms with van der Waals surface area (Å²) >= 11 is 0. The van der Waals surface area contributed by atoms with Crippen LogP contribution in [0.1, 0.15) is 13.8 Å². The molecular formula is C9H16N6O. The van der Waals surface area contributed by atoms with Gasteiger partial charge in [0.25, 0.3) is 0 Å². The van der Waals surface area contributed by atoms with Crippen LogP contribution in [-0.2, 0) is 4.79 Å². The standard InChI is InChI=1S/C9H16N6O/c1-3-11-9(16)6(2)14-7-4-8(15-10)13-5-12-7/h4-6H,3,10H2,1-2H3,(H,11,16)(H2,12,13,14,15). The largest absolute Gasteiger partial charge is 0.358 e. The Morgan fingerprint density at radius 1 is 1.50 bits per heavy atom. The number of amides is 1. The number of nitrogens with zero attached hydrogens (tertiary/aromatic N) is 2. The summed E-state index contributed by atoms with van der Waals surface area (Å²) in [6.07, 6.45) is 1.36. The first-order chi connectivity index (χ1) is 7.67. The highest BCUT2D eigenvalue weighted by molar-refractivity contribution is 5.83. The molecule has 1 aromatic rings. The summed E-state index contributed by atoms with van der Waals surface area (Å²) in [4.78, 5) is 19.3. The van der Waals surface area contributed by atoms with Crippen molar-refractivity contribution in [2.75, 3.05) is 17.3 Å². The van der Waals surface area contributed by atoms with E-state index < -0.39 is 0 Å². The summed E-state index contributed by atoms with van der Waals surface area (Å²) in [5.41, 5.74) is 2.40. The van der Waals surface area contributed by atoms with Gasteiger partial charge in [0.1, 0.15) is 24.0 Å². The van der Waals surface area contributed by atoms with Crippen LogP contribution in [0.25, 0.3) is 0 Å². The van der Waals surface area contributed by atoms with Gasteiger partial charge in [0.2, 0.25) is 5.91 Å². The van der Waals surface area contributed by atoms with Crippen LogP contribution < -0.4 is 21.9 Å². The van der Waals surface area contributed by atoms with Crippen LogP contribution in [0.2, 0.25) is 0 Å². The van der Waals surface area contributed by atoms with Crippen LogP contribution >= 0.6 is 0 Å². The van der Waals surface area contributed by atoms with Gasteiger partial charge in [0.15, 0.2) is 0 Å². The maximum atomic E-state index is 11.4. The molecule has 5 N–H and O–H groups in total. The maximum absolute atomic E-state index is 11.4. The minimum absolute atomic E-state index is 0.0802. The SMILES string of the molecule is CCNC(=O)C(C)Nc1cc(NN)ncn1. The summed E-state index contributed by atoms with van der Waals surface area (Å²) < 4.78 is 0. The molecule has 0 radical (unpaired) electrons. The third kappa shape index (κ3) is 3.35. The molecule has 16 heavy (non-hydrogen) atoms. The van der Waals surface area contributed by atoms with E-state index in [2.05, 4.69) is 26.0 Å². The number of carbonyl (C=O) groups excluding carboxylic acids is 1. The molecule has 0 saturated heterocycles. The van der Waals surface area contributed by atoms with E-state index in [4.69, 9.17) is 5.84 Å². The molecule has 1 amide bonds. The van der Waals surface area contributed by atoms with Crippen molar-refractivity contribution in [3.8, 4) is 0 Å². The molecule has 7 heteroatoms. The number of carbonyl (C=O) groups is 1. The Balaban J connectivity index is 2.61. The summed E-state index contributed by atoms with van der Waals surface area (Å²) in [5.74, 6) is 6.16. The van der Waals surface area contributed by atoms with Crippen molar-refractivity contribution in [1.29, 1.82) is 0 Å². The number of nitrogens with one attached hydrogen (secondary N) is 3. The number of nitrogens with two attached hydrogens (primary N) is 1. The van der Waals surface area contributed by atoms with Crippen LogP contribution in [0.5, 0.6) is 0 Å². The van der Waals surface area contributed by atoms with E-state index in [9.17, 15) is 4.79 Å². The molecule has 0 aromatic carbocycles. The minimum Gasteiger partial charge on any atom is -0.358 e. The number of hydrogen-bond acceptors (Lipinski definition) is 6. The van der Waals surface area contributed by atoms with Gasteiger partial charge in [-0.15, -0.1) is 0 Å². The summed E-state index contributed by atoms with van der Waals surface area (Å²) in [5, 5.41) is 5.65. The fourth-order valence-corrected chi connectivity index (χ4v) is 1.13. The van der Waals surface area contributed by atoms with Crippen LogP contribution in [0, 0.1) is 0 Å². The average molecular weight is 224 g/mol. The van der Waals surface area contributed by atoms with Gasteiger partial charge in [-0.3, -0.25) is 4.79 Å². The summed E-state index contributed by atoms with van der Waals surface area (Å²) in [6.45, 7) is 4.22. The van der Waals surface area contributed by atoms with E-state index in [1.165, 1.54) is 6.33 Å². The van der Waals surface area contributed by atoms with E-state index >= 15 is 0 Å². The van der Waals surface area contributed by atoms with E-state index in [1.54, 1.807) is 13.0 Å². The molecular weight excluding hydrogens is 208 g/mol. The molecule has 7 nitrogen and oxygen atoms in total. The Kier molecular flexibility index (Phi) is 4.46. The first kappa shape index (κ1) is 12.2. The van der Waals surface area contributed by atoms with Gasteiger partial charge >= 0.3 is 0 Å². The second kappa shape index (κ2) is 5.86. The molecule has 0 fully saturated rings. The normalized spacial score (nSPS) is 11.7. The third-order valence-corrected chi connectivity index (χ3v) is 1.92. The smallest absolute Gasteiger partial charge is 0.242 e. The number of nitrogen functional groups attached to an aromatic ring is 1. The van der Waals surface area contributed by atoms with Gasteiger partial charge in [-0.2, -0.15) is 0 Å². The third-order valence-electron chi connectivity index (χ3n) is 1.92. The molecule has 88 valence electrons. The summed E-state index contributed by atoms with van der Waals surface area (Å²) in [7, 11) is 0. The van der Waals surface area contributed by atoms with Crippen molar-refractivity contribution in [3.05, 3.63) is 12.4 Å². The molecule has 0 saturated carbocycles. The lowest BCUT2D eigenvalue weighted by Crippen LogP contribution is -2.37. The molecule has 1 atom stereocenters. The molecule has 1 heterocycles. The monoisotopic (exact) mass is 224 g/mol. The molecule has 0 spiro atoms. The predicted octanol–water partition coefficient (Wildman–Crippen LogP) is -0.301. The molecule has 0 aliphatic heterocycles. The average Bonchev–Trinajstić information content (AvgIpc) is 2.29. The predicted molar refractivity (Wildman–Crippen MR) is 61.6 cm³/mol. The van der Waals surface area contributed by atoms with Crippen molar-refractivity contribution in [2.24, 2.45) is 5.84 Å². The highest BCUT2D eigenvalue weighted by Crippen LogP contribution is 2.08. The Hall–Kier alpha value is -1.89. The number of rotatable bonds is 5. The number of hydrogen-bond donors (Lipinski definition) is 4. The Labute approximate surface area is 93.8 Å². The second-order valence-corrected chi connectivity index (χ2v) is 3.19. The zero-order valence-electron chi connectivity index (χ0n) is 9.32. The summed E-state index contributed by atoms with van der Waals surface area (Å²) in [6, 6.07) is 1.26. The first-order valence-electron chi connectivity index (χ1n) is 5.00. The lowest BCUT2D eigenvalue weighted by atomic mass is 10.3. The van der Waals surface area contributed by atoms with Gasteiger partial charge in [0, 0.05) is 12.6 Å². The zero-order valence-corrected chi connectivity index (χ0v) is 9.32. The van der Waals surface area contributed by atoms with Gasteiger partial charge < -0.3 is 16.1 Å². The molecule has 1 unspecified atom stereocenters. The van der Waals surface area contributed by atoms with Crippen LogP contribution in [-0.4, -0.2) is 28.5 Å². The molecule has 0 bridgehead atoms. The van der Waals surface area contributed by atoms with Crippen LogP contribution in [0.3, 0.4) is 0 Å². The molecule has 1 rings (SSSR count). The number of hydrazine groups is 1. The van der Waals surface area contributed by atoms with Crippen molar-refractivity contribution in [2.45, 2.75) is 19.9 Å². The van der Waals surface area contributed by atoms with Gasteiger partial charge in [-0.1, -0.05) is 0 Å². The van der Waals surface area contributed by atoms with Crippen molar-refractivity contribution in [1.82, 2.24) is 15.3 Å². The quantitative estimate of drug-likeness (QED) is 0.404. The minimum atomic E-state index is -0.361. The molecule has 1 aromatic heterocycles. The number of likely N-dealkylation sites (N-methyl/N-ethyl adjacent to an activating group) is 1. The number of anilines is 2. The fraction of sp³-hybridized carbons (Fsp3) is 0.444. The van der Waals surface area contributed by atoms with Gasteiger partial charge in [-0.25, -0.2) is 15.8 Å². The topological polar surface area (TPSA) is 105 Å². The molecule has 0 aliphatic rings. The van der Waals surface area contributed by atoms with Crippen molar-refractivity contribution < 1.29 is 4.79 Å². The van der Waals surface area contributed by atoms with Crippen LogP contribution in [0.15, 0.2) is 12.4 Å². The van der Waals surface area contributed by atoms with E-state index in [1.807, 2.05) is 6.92 Å². The van der Waals surface area contributed by atoms with E-state index in [0.29, 0.717) is 18.2 Å². The van der Waals surface area contributed by atoms with Gasteiger partial charge in [0.05, 0.1) is 0 Å². The lowest BCUT2D eigenvalue weighted by Gasteiger charge is -2.13. The van der Waals surface area contributed by atoms with Crippen molar-refractivity contribution >= 4 is 17.5 Å². The molecule has 0 aliphatic carbocycles. The highest BCUT2D eigenvalue weighted by Gasteiger charge is 2.11. The Bertz CT molecular complexity index is 356. The highest BCUT2D eigenvalue weighted by atomic mass is 16.2. The van der Waals surface area contributed by atoms with E-state index in [-0.39, 0.29) is 11.9 Å².